The van der Waals surface area contributed by atoms with Gasteiger partial charge in [0.05, 0.1) is 19.2 Å². The minimum atomic E-state index is -0.410. The fourth-order valence-electron chi connectivity index (χ4n) is 2.67. The van der Waals surface area contributed by atoms with Crippen molar-refractivity contribution in [1.82, 2.24) is 9.80 Å². The fraction of sp³-hybridized carbons (Fsp3) is 0.562. The lowest BCUT2D eigenvalue weighted by Gasteiger charge is -2.34. The van der Waals surface area contributed by atoms with Gasteiger partial charge in [-0.1, -0.05) is 6.92 Å². The molecule has 1 heterocycles. The average molecular weight is 294 g/mol. The number of carbonyl (C=O) groups excluding carboxylic acids is 1. The Bertz CT molecular complexity index is 485. The maximum absolute atomic E-state index is 13.3. The molecule has 2 rings (SSSR count). The van der Waals surface area contributed by atoms with Gasteiger partial charge in [-0.15, -0.1) is 0 Å². The van der Waals surface area contributed by atoms with Crippen LogP contribution in [0.5, 0.6) is 5.75 Å². The quantitative estimate of drug-likeness (QED) is 0.752. The number of hydrogen-bond acceptors (Lipinski definition) is 4. The monoisotopic (exact) mass is 294 g/mol. The van der Waals surface area contributed by atoms with E-state index < -0.39 is 5.82 Å². The largest absolute Gasteiger partial charge is 0.496 e. The number of rotatable bonds is 6. The Morgan fingerprint density at radius 3 is 2.52 bits per heavy atom. The number of halogens is 1. The van der Waals surface area contributed by atoms with Crippen LogP contribution in [0, 0.1) is 5.82 Å². The summed E-state index contributed by atoms with van der Waals surface area (Å²) in [5, 5.41) is 0. The van der Waals surface area contributed by atoms with Gasteiger partial charge in [0, 0.05) is 26.2 Å². The van der Waals surface area contributed by atoms with Crippen LogP contribution < -0.4 is 4.74 Å². The summed E-state index contributed by atoms with van der Waals surface area (Å²) in [6.07, 6.45) is 1.15. The summed E-state index contributed by atoms with van der Waals surface area (Å²) in [5.41, 5.74) is 0.327. The zero-order chi connectivity index (χ0) is 15.2. The molecule has 0 aromatic heterocycles. The molecule has 0 radical (unpaired) electrons. The van der Waals surface area contributed by atoms with Gasteiger partial charge in [-0.05, 0) is 31.2 Å². The Balaban J connectivity index is 1.95. The summed E-state index contributed by atoms with van der Waals surface area (Å²) in [6.45, 7) is 7.33. The van der Waals surface area contributed by atoms with Gasteiger partial charge in [0.15, 0.2) is 5.78 Å². The molecule has 0 spiro atoms. The molecule has 21 heavy (non-hydrogen) atoms. The minimum Gasteiger partial charge on any atom is -0.496 e. The molecule has 1 aromatic carbocycles. The molecule has 0 aliphatic carbocycles. The van der Waals surface area contributed by atoms with Crippen LogP contribution >= 0.6 is 0 Å². The van der Waals surface area contributed by atoms with Crippen LogP contribution in [0.15, 0.2) is 18.2 Å². The molecule has 0 N–H and O–H groups in total. The zero-order valence-corrected chi connectivity index (χ0v) is 12.8. The van der Waals surface area contributed by atoms with Crippen LogP contribution in [0.25, 0.3) is 0 Å². The second-order valence-corrected chi connectivity index (χ2v) is 5.39. The first-order valence-electron chi connectivity index (χ1n) is 7.45. The number of methoxy groups -OCH3 is 1. The van der Waals surface area contributed by atoms with Crippen molar-refractivity contribution in [3.05, 3.63) is 29.6 Å². The Morgan fingerprint density at radius 1 is 1.24 bits per heavy atom. The van der Waals surface area contributed by atoms with Gasteiger partial charge in [0.1, 0.15) is 11.6 Å². The van der Waals surface area contributed by atoms with E-state index in [-0.39, 0.29) is 5.78 Å². The van der Waals surface area contributed by atoms with Crippen molar-refractivity contribution in [3.8, 4) is 5.75 Å². The summed E-state index contributed by atoms with van der Waals surface area (Å²) in [6, 6.07) is 4.06. The first-order valence-corrected chi connectivity index (χ1v) is 7.45. The smallest absolute Gasteiger partial charge is 0.180 e. The molecule has 1 aliphatic rings. The number of piperazine rings is 1. The number of nitrogens with zero attached hydrogens (tertiary/aromatic N) is 2. The molecule has 5 heteroatoms. The van der Waals surface area contributed by atoms with E-state index in [2.05, 4.69) is 16.7 Å². The van der Waals surface area contributed by atoms with Crippen LogP contribution in [-0.2, 0) is 0 Å². The lowest BCUT2D eigenvalue weighted by atomic mass is 10.1. The lowest BCUT2D eigenvalue weighted by molar-refractivity contribution is 0.0850. The topological polar surface area (TPSA) is 32.8 Å². The van der Waals surface area contributed by atoms with Gasteiger partial charge >= 0.3 is 0 Å². The van der Waals surface area contributed by atoms with Crippen molar-refractivity contribution in [3.63, 3.8) is 0 Å². The zero-order valence-electron chi connectivity index (χ0n) is 12.8. The summed E-state index contributed by atoms with van der Waals surface area (Å²) in [7, 11) is 1.49. The minimum absolute atomic E-state index is 0.0877. The van der Waals surface area contributed by atoms with E-state index in [1.54, 1.807) is 0 Å². The van der Waals surface area contributed by atoms with E-state index in [9.17, 15) is 9.18 Å². The highest BCUT2D eigenvalue weighted by Gasteiger charge is 2.21. The third-order valence-corrected chi connectivity index (χ3v) is 3.83. The van der Waals surface area contributed by atoms with Gasteiger partial charge in [0.2, 0.25) is 0 Å². The molecule has 4 nitrogen and oxygen atoms in total. The number of ether oxygens (including phenoxy) is 1. The van der Waals surface area contributed by atoms with Crippen LogP contribution in [0.2, 0.25) is 0 Å². The van der Waals surface area contributed by atoms with Crippen molar-refractivity contribution in [2.75, 3.05) is 46.4 Å². The Kier molecular flexibility index (Phi) is 5.70. The third kappa shape index (κ3) is 4.25. The second-order valence-electron chi connectivity index (χ2n) is 5.39. The molecule has 1 saturated heterocycles. The lowest BCUT2D eigenvalue weighted by Crippen LogP contribution is -2.48. The maximum atomic E-state index is 13.3. The summed E-state index contributed by atoms with van der Waals surface area (Å²) < 4.78 is 18.5. The first kappa shape index (κ1) is 15.9. The third-order valence-electron chi connectivity index (χ3n) is 3.83. The molecule has 1 fully saturated rings. The number of Topliss-reactive ketones (excluding diaryl/α,β-unsaturated/α-hetero) is 1. The summed E-state index contributed by atoms with van der Waals surface area (Å²) in [5.74, 6) is -0.0618. The Hall–Kier alpha value is -1.46. The van der Waals surface area contributed by atoms with E-state index in [1.807, 2.05) is 0 Å². The molecule has 0 unspecified atom stereocenters. The van der Waals surface area contributed by atoms with Gasteiger partial charge in [-0.25, -0.2) is 4.39 Å². The van der Waals surface area contributed by atoms with Gasteiger partial charge in [-0.3, -0.25) is 9.69 Å². The maximum Gasteiger partial charge on any atom is 0.180 e. The highest BCUT2D eigenvalue weighted by Crippen LogP contribution is 2.20. The molecule has 1 aliphatic heterocycles. The fourth-order valence-corrected chi connectivity index (χ4v) is 2.67. The normalized spacial score (nSPS) is 16.9. The number of ketones is 1. The van der Waals surface area contributed by atoms with E-state index >= 15 is 0 Å². The molecule has 0 amide bonds. The highest BCUT2D eigenvalue weighted by atomic mass is 19.1. The predicted molar refractivity (Wildman–Crippen MR) is 80.5 cm³/mol. The first-order chi connectivity index (χ1) is 10.1. The van der Waals surface area contributed by atoms with Crippen LogP contribution in [0.4, 0.5) is 4.39 Å². The SMILES string of the molecule is CCCN1CCN(CC(=O)c2cc(F)ccc2OC)CC1. The van der Waals surface area contributed by atoms with E-state index in [1.165, 1.54) is 25.3 Å². The Labute approximate surface area is 125 Å². The van der Waals surface area contributed by atoms with E-state index in [0.717, 1.165) is 39.1 Å². The summed E-state index contributed by atoms with van der Waals surface area (Å²) >= 11 is 0. The molecule has 0 bridgehead atoms. The average Bonchev–Trinajstić information content (AvgIpc) is 2.49. The van der Waals surface area contributed by atoms with Crippen molar-refractivity contribution in [2.45, 2.75) is 13.3 Å². The number of benzene rings is 1. The van der Waals surface area contributed by atoms with Gasteiger partial charge in [0.25, 0.3) is 0 Å². The van der Waals surface area contributed by atoms with Crippen molar-refractivity contribution in [1.29, 1.82) is 0 Å². The number of hydrogen-bond donors (Lipinski definition) is 0. The number of carbonyl (C=O) groups is 1. The van der Waals surface area contributed by atoms with Crippen molar-refractivity contribution < 1.29 is 13.9 Å². The Morgan fingerprint density at radius 2 is 1.90 bits per heavy atom. The van der Waals surface area contributed by atoms with Crippen LogP contribution in [0.3, 0.4) is 0 Å². The van der Waals surface area contributed by atoms with Gasteiger partial charge in [-0.2, -0.15) is 0 Å². The second kappa shape index (κ2) is 7.52. The van der Waals surface area contributed by atoms with Crippen LogP contribution in [0.1, 0.15) is 23.7 Å². The standard InChI is InChI=1S/C16H23FN2O2/c1-3-6-18-7-9-19(10-8-18)12-15(20)14-11-13(17)4-5-16(14)21-2/h4-5,11H,3,6-10,12H2,1-2H3. The molecule has 0 saturated carbocycles. The molecule has 116 valence electrons. The van der Waals surface area contributed by atoms with Crippen molar-refractivity contribution >= 4 is 5.78 Å². The predicted octanol–water partition coefficient (Wildman–Crippen LogP) is 2.04. The molecular formula is C16H23FN2O2. The molecule has 0 atom stereocenters. The molecule has 1 aromatic rings. The van der Waals surface area contributed by atoms with E-state index in [0.29, 0.717) is 17.9 Å². The molecular weight excluding hydrogens is 271 g/mol. The van der Waals surface area contributed by atoms with Crippen molar-refractivity contribution in [2.24, 2.45) is 0 Å². The van der Waals surface area contributed by atoms with Gasteiger partial charge < -0.3 is 9.64 Å². The summed E-state index contributed by atoms with van der Waals surface area (Å²) in [4.78, 5) is 16.9. The van der Waals surface area contributed by atoms with Crippen LogP contribution in [-0.4, -0.2) is 62.0 Å². The highest BCUT2D eigenvalue weighted by molar-refractivity contribution is 6.00. The van der Waals surface area contributed by atoms with E-state index in [4.69, 9.17) is 4.74 Å².